The number of amides is 1. The zero-order valence-corrected chi connectivity index (χ0v) is 17.0. The first kappa shape index (κ1) is 20.0. The first-order valence-corrected chi connectivity index (χ1v) is 10.1. The number of fused-ring (bicyclic) bond motifs is 1. The summed E-state index contributed by atoms with van der Waals surface area (Å²) in [6.07, 6.45) is 5.84. The van der Waals surface area contributed by atoms with Gasteiger partial charge in [0, 0.05) is 11.7 Å². The maximum absolute atomic E-state index is 13.1. The van der Waals surface area contributed by atoms with Gasteiger partial charge in [-0.3, -0.25) is 4.79 Å². The molecule has 3 fully saturated rings. The van der Waals surface area contributed by atoms with Crippen LogP contribution in [-0.4, -0.2) is 36.3 Å². The van der Waals surface area contributed by atoms with E-state index in [1.54, 1.807) is 19.4 Å². The number of hydrogen-bond acceptors (Lipinski definition) is 5. The van der Waals surface area contributed by atoms with E-state index in [9.17, 15) is 4.79 Å². The molecule has 5 nitrogen and oxygen atoms in total. The number of hydrogen-bond donors (Lipinski definition) is 2. The van der Waals surface area contributed by atoms with Crippen LogP contribution in [0.1, 0.15) is 34.8 Å². The quantitative estimate of drug-likeness (QED) is 0.720. The van der Waals surface area contributed by atoms with Crippen LogP contribution in [0.5, 0.6) is 5.75 Å². The minimum atomic E-state index is -0.0984. The van der Waals surface area contributed by atoms with Crippen LogP contribution in [0.25, 0.3) is 0 Å². The number of aromatic nitrogens is 1. The third kappa shape index (κ3) is 3.66. The van der Waals surface area contributed by atoms with Gasteiger partial charge in [-0.2, -0.15) is 0 Å². The van der Waals surface area contributed by atoms with Crippen molar-refractivity contribution in [3.05, 3.63) is 53.7 Å². The molecule has 1 unspecified atom stereocenters. The molecule has 0 spiro atoms. The number of nitrogens with one attached hydrogen (secondary N) is 2. The Kier molecular flexibility index (Phi) is 5.99. The number of nitrogens with zero attached hydrogens (tertiary/aromatic N) is 1. The van der Waals surface area contributed by atoms with E-state index < -0.39 is 0 Å². The predicted octanol–water partition coefficient (Wildman–Crippen LogP) is 3.46. The Balaban J connectivity index is 0.00000210. The standard InChI is InChI=1S/C20H23N3O2S.ClH/c1-25-15-6-3-5-14(9-15)17(20-10-13(11-20)12-22-20)23-18(24)16-7-4-8-21-19(16)26-2;/h3-9,13,17,22H,10-12H2,1-2H3,(H,23,24);1H. The Hall–Kier alpha value is -1.76. The Morgan fingerprint density at radius 2 is 2.19 bits per heavy atom. The lowest BCUT2D eigenvalue weighted by Gasteiger charge is -2.44. The number of ether oxygens (including phenoxy) is 1. The molecule has 7 heteroatoms. The summed E-state index contributed by atoms with van der Waals surface area (Å²) in [5.41, 5.74) is 1.63. The highest BCUT2D eigenvalue weighted by atomic mass is 35.5. The van der Waals surface area contributed by atoms with Crippen molar-refractivity contribution in [1.29, 1.82) is 0 Å². The lowest BCUT2D eigenvalue weighted by atomic mass is 9.67. The summed E-state index contributed by atoms with van der Waals surface area (Å²) in [5, 5.41) is 7.69. The van der Waals surface area contributed by atoms with Crippen molar-refractivity contribution in [2.45, 2.75) is 29.4 Å². The van der Waals surface area contributed by atoms with Gasteiger partial charge in [0.2, 0.25) is 0 Å². The molecular formula is C20H24ClN3O2S. The molecule has 1 saturated carbocycles. The van der Waals surface area contributed by atoms with Crippen molar-refractivity contribution in [2.24, 2.45) is 5.92 Å². The summed E-state index contributed by atoms with van der Waals surface area (Å²) in [6, 6.07) is 11.5. The maximum Gasteiger partial charge on any atom is 0.254 e. The van der Waals surface area contributed by atoms with Crippen molar-refractivity contribution in [3.63, 3.8) is 0 Å². The summed E-state index contributed by atoms with van der Waals surface area (Å²) in [7, 11) is 1.67. The fourth-order valence-electron chi connectivity index (χ4n) is 4.24. The van der Waals surface area contributed by atoms with Gasteiger partial charge >= 0.3 is 0 Å². The number of thioether (sulfide) groups is 1. The van der Waals surface area contributed by atoms with Crippen molar-refractivity contribution < 1.29 is 9.53 Å². The predicted molar refractivity (Wildman–Crippen MR) is 110 cm³/mol. The average molecular weight is 406 g/mol. The topological polar surface area (TPSA) is 63.2 Å². The maximum atomic E-state index is 13.1. The van der Waals surface area contributed by atoms with E-state index in [4.69, 9.17) is 4.74 Å². The first-order chi connectivity index (χ1) is 12.6. The normalized spacial score (nSPS) is 23.7. The van der Waals surface area contributed by atoms with Crippen LogP contribution >= 0.6 is 24.2 Å². The van der Waals surface area contributed by atoms with Gasteiger partial charge in [-0.05, 0) is 61.4 Å². The molecule has 1 aliphatic carbocycles. The highest BCUT2D eigenvalue weighted by Crippen LogP contribution is 2.51. The van der Waals surface area contributed by atoms with Crippen molar-refractivity contribution in [2.75, 3.05) is 19.9 Å². The van der Waals surface area contributed by atoms with E-state index in [1.165, 1.54) is 11.8 Å². The number of halogens is 1. The molecule has 27 heavy (non-hydrogen) atoms. The van der Waals surface area contributed by atoms with Crippen LogP contribution in [0, 0.1) is 5.92 Å². The first-order valence-electron chi connectivity index (χ1n) is 8.84. The van der Waals surface area contributed by atoms with Crippen LogP contribution in [0.15, 0.2) is 47.6 Å². The summed E-state index contributed by atoms with van der Waals surface area (Å²) in [5.74, 6) is 1.44. The molecule has 5 rings (SSSR count). The van der Waals surface area contributed by atoms with Gasteiger partial charge in [0.15, 0.2) is 0 Å². The van der Waals surface area contributed by atoms with Gasteiger partial charge in [0.1, 0.15) is 10.8 Å². The SMILES string of the molecule is COc1cccc(C(NC(=O)c2cccnc2SC)C23CC(CN2)C3)c1.Cl. The minimum Gasteiger partial charge on any atom is -0.497 e. The lowest BCUT2D eigenvalue weighted by molar-refractivity contribution is 0.0859. The van der Waals surface area contributed by atoms with E-state index in [-0.39, 0.29) is 29.9 Å². The molecule has 1 amide bonds. The molecule has 1 aromatic heterocycles. The lowest BCUT2D eigenvalue weighted by Crippen LogP contribution is -2.54. The highest BCUT2D eigenvalue weighted by molar-refractivity contribution is 7.98. The van der Waals surface area contributed by atoms with Crippen molar-refractivity contribution in [1.82, 2.24) is 15.6 Å². The Morgan fingerprint density at radius 1 is 1.37 bits per heavy atom. The average Bonchev–Trinajstić information content (AvgIpc) is 3.27. The van der Waals surface area contributed by atoms with Crippen molar-refractivity contribution >= 4 is 30.1 Å². The van der Waals surface area contributed by atoms with Crippen LogP contribution < -0.4 is 15.4 Å². The van der Waals surface area contributed by atoms with Crippen LogP contribution in [0.2, 0.25) is 0 Å². The summed E-state index contributed by atoms with van der Waals surface area (Å²) < 4.78 is 5.39. The summed E-state index contributed by atoms with van der Waals surface area (Å²) >= 11 is 1.49. The van der Waals surface area contributed by atoms with Gasteiger partial charge < -0.3 is 15.4 Å². The number of rotatable bonds is 6. The second kappa shape index (κ2) is 8.09. The van der Waals surface area contributed by atoms with E-state index in [2.05, 4.69) is 21.7 Å². The molecule has 1 atom stereocenters. The molecule has 2 saturated heterocycles. The van der Waals surface area contributed by atoms with E-state index >= 15 is 0 Å². The van der Waals surface area contributed by atoms with E-state index in [0.29, 0.717) is 5.56 Å². The van der Waals surface area contributed by atoms with Crippen LogP contribution in [0.4, 0.5) is 0 Å². The third-order valence-electron chi connectivity index (χ3n) is 5.51. The second-order valence-electron chi connectivity index (χ2n) is 7.05. The molecular weight excluding hydrogens is 382 g/mol. The fourth-order valence-corrected chi connectivity index (χ4v) is 4.79. The number of carbonyl (C=O) groups excluding carboxylic acids is 1. The van der Waals surface area contributed by atoms with E-state index in [1.807, 2.05) is 30.5 Å². The monoisotopic (exact) mass is 405 g/mol. The molecule has 144 valence electrons. The molecule has 3 heterocycles. The molecule has 2 aromatic rings. The van der Waals surface area contributed by atoms with Crippen molar-refractivity contribution in [3.8, 4) is 5.75 Å². The largest absolute Gasteiger partial charge is 0.497 e. The minimum absolute atomic E-state index is 0. The van der Waals surface area contributed by atoms with Crippen LogP contribution in [0.3, 0.4) is 0 Å². The Bertz CT molecular complexity index is 821. The number of benzene rings is 1. The smallest absolute Gasteiger partial charge is 0.254 e. The molecule has 2 bridgehead atoms. The van der Waals surface area contributed by atoms with Gasteiger partial charge in [0.25, 0.3) is 5.91 Å². The molecule has 3 aliphatic rings. The number of methoxy groups -OCH3 is 1. The van der Waals surface area contributed by atoms with Gasteiger partial charge in [-0.15, -0.1) is 24.2 Å². The zero-order chi connectivity index (χ0) is 18.1. The zero-order valence-electron chi connectivity index (χ0n) is 15.4. The second-order valence-corrected chi connectivity index (χ2v) is 7.85. The summed E-state index contributed by atoms with van der Waals surface area (Å²) in [4.78, 5) is 17.4. The van der Waals surface area contributed by atoms with Crippen LogP contribution in [-0.2, 0) is 0 Å². The highest BCUT2D eigenvalue weighted by Gasteiger charge is 2.55. The van der Waals surface area contributed by atoms with E-state index in [0.717, 1.165) is 41.6 Å². The Morgan fingerprint density at radius 3 is 2.85 bits per heavy atom. The van der Waals surface area contributed by atoms with Gasteiger partial charge in [0.05, 0.1) is 18.7 Å². The Labute approximate surface area is 170 Å². The van der Waals surface area contributed by atoms with Gasteiger partial charge in [-0.25, -0.2) is 4.98 Å². The fraction of sp³-hybridized carbons (Fsp3) is 0.400. The molecule has 0 radical (unpaired) electrons. The van der Waals surface area contributed by atoms with Gasteiger partial charge in [-0.1, -0.05) is 12.1 Å². The number of carbonyl (C=O) groups is 1. The third-order valence-corrected chi connectivity index (χ3v) is 6.22. The molecule has 1 aromatic carbocycles. The molecule has 2 N–H and O–H groups in total. The number of pyridine rings is 1. The summed E-state index contributed by atoms with van der Waals surface area (Å²) in [6.45, 7) is 1.03. The molecule has 2 aliphatic heterocycles.